The first-order chi connectivity index (χ1) is 20.4. The van der Waals surface area contributed by atoms with Crippen LogP contribution in [0.3, 0.4) is 0 Å². The van der Waals surface area contributed by atoms with Gasteiger partial charge in [-0.15, -0.1) is 0 Å². The molecule has 45 heavy (non-hydrogen) atoms. The zero-order valence-corrected chi connectivity index (χ0v) is 27.1. The van der Waals surface area contributed by atoms with Crippen molar-refractivity contribution in [1.29, 1.82) is 0 Å². The van der Waals surface area contributed by atoms with Crippen LogP contribution in [0.1, 0.15) is 25.0 Å². The van der Waals surface area contributed by atoms with Gasteiger partial charge in [-0.2, -0.15) is 8.42 Å². The van der Waals surface area contributed by atoms with Gasteiger partial charge in [0.15, 0.2) is 5.39 Å². The number of aliphatic hydroxyl groups is 2. The van der Waals surface area contributed by atoms with Gasteiger partial charge in [0.2, 0.25) is 0 Å². The average Bonchev–Trinajstić information content (AvgIpc) is 2.92. The Morgan fingerprint density at radius 3 is 1.27 bits per heavy atom. The standard InChI is InChI=1S/C10H8O8S2.2C10H10O2.Ti/c11-8-3-6(19(13,14)15)1-5-2-7(20(16,17)18)4-9(12)10(5)8;2*1-8(11)7-10(12)9-5-3-2-4-6-9;/h1-4,11-12H,(H,13,14,15)(H,16,17,18);2*2-7,11H,1H3;/p+4/b;2*8-7-;. The number of hydrogen-bond acceptors (Lipinski definition) is 6. The fraction of sp³-hybridized carbons (Fsp3) is 0.0667. The van der Waals surface area contributed by atoms with E-state index in [1.54, 1.807) is 24.3 Å². The summed E-state index contributed by atoms with van der Waals surface area (Å²) in [5.74, 6) is -0.372. The van der Waals surface area contributed by atoms with E-state index in [1.807, 2.05) is 36.4 Å². The van der Waals surface area contributed by atoms with Crippen LogP contribution >= 0.6 is 0 Å². The third-order valence-electron chi connectivity index (χ3n) is 5.42. The first kappa shape index (κ1) is 38.7. The van der Waals surface area contributed by atoms with E-state index in [1.165, 1.54) is 26.0 Å². The Balaban J connectivity index is 0.000000353. The van der Waals surface area contributed by atoms with Crippen LogP contribution in [0.2, 0.25) is 0 Å². The van der Waals surface area contributed by atoms with Crippen molar-refractivity contribution in [2.75, 3.05) is 0 Å². The molecule has 0 bridgehead atoms. The number of aliphatic hydroxyl groups excluding tert-OH is 2. The van der Waals surface area contributed by atoms with Crippen LogP contribution in [-0.2, 0) is 42.0 Å². The van der Waals surface area contributed by atoms with E-state index in [9.17, 15) is 27.1 Å². The Labute approximate surface area is 274 Å². The maximum atomic E-state index is 11.1. The topological polar surface area (TPSA) is 252 Å². The predicted molar refractivity (Wildman–Crippen MR) is 166 cm³/mol. The molecule has 0 saturated heterocycles. The second kappa shape index (κ2) is 16.7. The molecule has 2 unspecified atom stereocenters. The van der Waals surface area contributed by atoms with Gasteiger partial charge in [0.1, 0.15) is 9.79 Å². The molecular weight excluding hydrogens is 664 g/mol. The van der Waals surface area contributed by atoms with E-state index in [0.717, 1.165) is 24.3 Å². The number of benzene rings is 4. The maximum Gasteiger partial charge on any atom is 0.350 e. The van der Waals surface area contributed by atoms with E-state index in [2.05, 4.69) is 0 Å². The molecule has 0 spiro atoms. The fourth-order valence-corrected chi connectivity index (χ4v) is 4.62. The minimum atomic E-state index is -4.57. The molecule has 0 fully saturated rings. The molecule has 12 nitrogen and oxygen atoms in total. The molecule has 0 heterocycles. The zero-order chi connectivity index (χ0) is 33.2. The van der Waals surface area contributed by atoms with Gasteiger partial charge in [0.25, 0.3) is 31.7 Å². The molecule has 0 saturated carbocycles. The summed E-state index contributed by atoms with van der Waals surface area (Å²) in [5.41, 5.74) is 1.40. The molecule has 236 valence electrons. The van der Waals surface area contributed by atoms with E-state index in [4.69, 9.17) is 28.8 Å². The molecule has 4 aromatic rings. The molecular formula is C30H32O12S2Ti+4. The predicted octanol–water partition coefficient (Wildman–Crippen LogP) is 3.92. The Kier molecular flexibility index (Phi) is 14.4. The van der Waals surface area contributed by atoms with Gasteiger partial charge in [-0.1, -0.05) is 36.4 Å². The quantitative estimate of drug-likeness (QED) is 0.0754. The molecule has 4 aromatic carbocycles. The van der Waals surface area contributed by atoms with Crippen LogP contribution in [0, 0.1) is 0 Å². The first-order valence-corrected chi connectivity index (χ1v) is 15.3. The SMILES string of the molecule is C/C(O)=C/C(=[OH+])c1ccccc1.C/C(O)=C/C(=[OH+])c1ccccc1.O=S([O-])(=[OH+])c1cc([OH2+])c2c([OH2+])cc(S(=O)([O-])=[OH+])cc2c1.[Ti]. The number of fused-ring (bicyclic) bond motifs is 1. The third kappa shape index (κ3) is 12.3. The minimum absolute atomic E-state index is 0. The van der Waals surface area contributed by atoms with Crippen molar-refractivity contribution in [2.24, 2.45) is 0 Å². The summed E-state index contributed by atoms with van der Waals surface area (Å²) in [6.07, 6.45) is 2.63. The number of hydrogen-bond donors (Lipinski definition) is 2. The molecule has 0 aliphatic rings. The number of allylic oxidation sites excluding steroid dienone is 4. The fourth-order valence-electron chi connectivity index (χ4n) is 3.54. The molecule has 0 aliphatic heterocycles. The molecule has 4 rings (SSSR count). The second-order valence-corrected chi connectivity index (χ2v) is 11.9. The number of ketones is 2. The van der Waals surface area contributed by atoms with Gasteiger partial charge < -0.3 is 29.5 Å². The van der Waals surface area contributed by atoms with Gasteiger partial charge in [0.05, 0.1) is 46.9 Å². The van der Waals surface area contributed by atoms with Crippen molar-refractivity contribution < 1.29 is 77.7 Å². The summed E-state index contributed by atoms with van der Waals surface area (Å²) in [7, 11) is -9.14. The molecule has 10 N–H and O–H groups in total. The van der Waals surface area contributed by atoms with Gasteiger partial charge in [0, 0.05) is 27.1 Å². The van der Waals surface area contributed by atoms with Crippen LogP contribution in [0.5, 0.6) is 11.5 Å². The smallest absolute Gasteiger partial charge is 0.350 e. The van der Waals surface area contributed by atoms with Gasteiger partial charge >= 0.3 is 11.6 Å². The van der Waals surface area contributed by atoms with Gasteiger partial charge in [-0.3, -0.25) is 9.59 Å². The minimum Gasteiger partial charge on any atom is -0.702 e. The summed E-state index contributed by atoms with van der Waals surface area (Å²) < 4.78 is 62.1. The molecule has 0 amide bonds. The molecule has 0 aromatic heterocycles. The van der Waals surface area contributed by atoms with Crippen molar-refractivity contribution >= 4 is 42.6 Å². The molecule has 2 atom stereocenters. The molecule has 0 radical (unpaired) electrons. The van der Waals surface area contributed by atoms with Crippen molar-refractivity contribution in [2.45, 2.75) is 23.6 Å². The van der Waals surface area contributed by atoms with Crippen molar-refractivity contribution in [3.8, 4) is 11.5 Å². The van der Waals surface area contributed by atoms with E-state index >= 15 is 0 Å². The molecule has 0 aliphatic carbocycles. The third-order valence-corrected chi connectivity index (χ3v) is 7.08. The Bertz CT molecular complexity index is 1790. The Morgan fingerprint density at radius 1 is 0.689 bits per heavy atom. The zero-order valence-electron chi connectivity index (χ0n) is 23.9. The van der Waals surface area contributed by atoms with E-state index in [-0.39, 0.29) is 67.1 Å². The van der Waals surface area contributed by atoms with Gasteiger partial charge in [-0.25, -0.2) is 8.42 Å². The van der Waals surface area contributed by atoms with Crippen LogP contribution in [0.4, 0.5) is 0 Å². The summed E-state index contributed by atoms with van der Waals surface area (Å²) in [6.45, 7) is 3.03. The van der Waals surface area contributed by atoms with Crippen LogP contribution in [0.25, 0.3) is 10.8 Å². The number of carbonyl (C=O) groups excluding carboxylic acids is 2. The summed E-state index contributed by atoms with van der Waals surface area (Å²) >= 11 is 0. The second-order valence-electron chi connectivity index (χ2n) is 9.06. The van der Waals surface area contributed by atoms with Crippen LogP contribution < -0.4 is 0 Å². The first-order valence-electron chi connectivity index (χ1n) is 12.4. The average molecular weight is 697 g/mol. The van der Waals surface area contributed by atoms with Crippen molar-refractivity contribution in [3.05, 3.63) is 120 Å². The summed E-state index contributed by atoms with van der Waals surface area (Å²) in [5, 5.41) is 33.0. The Hall–Kier alpha value is -4.31. The van der Waals surface area contributed by atoms with Crippen molar-refractivity contribution in [3.63, 3.8) is 0 Å². The van der Waals surface area contributed by atoms with E-state index in [0.29, 0.717) is 11.1 Å². The van der Waals surface area contributed by atoms with E-state index < -0.39 is 30.0 Å². The maximum absolute atomic E-state index is 11.1. The monoisotopic (exact) mass is 696 g/mol. The largest absolute Gasteiger partial charge is 0.702 e. The molecule has 15 heteroatoms. The van der Waals surface area contributed by atoms with Crippen molar-refractivity contribution in [1.82, 2.24) is 0 Å². The normalized spacial score (nSPS) is 13.8. The van der Waals surface area contributed by atoms with Crippen LogP contribution in [0.15, 0.2) is 118 Å². The summed E-state index contributed by atoms with van der Waals surface area (Å²) in [4.78, 5) is 17.6. The van der Waals surface area contributed by atoms with Gasteiger partial charge in [-0.05, 0) is 50.2 Å². The van der Waals surface area contributed by atoms with Crippen LogP contribution in [-0.4, -0.2) is 67.5 Å². The Morgan fingerprint density at radius 2 is 1.00 bits per heavy atom. The summed E-state index contributed by atoms with van der Waals surface area (Å²) in [6, 6.07) is 21.7. The number of rotatable bonds is 6.